The highest BCUT2D eigenvalue weighted by Crippen LogP contribution is 1.93. The van der Waals surface area contributed by atoms with Crippen LogP contribution in [0, 0.1) is 0 Å². The molecule has 0 aromatic rings. The average Bonchev–Trinajstić information content (AvgIpc) is 1.87. The first kappa shape index (κ1) is 7.84. The highest BCUT2D eigenvalue weighted by atomic mass is 16.3. The molecule has 0 heterocycles. The van der Waals surface area contributed by atoms with Crippen LogP contribution >= 0.6 is 0 Å². The third kappa shape index (κ3) is 1.75. The zero-order valence-electron chi connectivity index (χ0n) is 4.80. The summed E-state index contributed by atoms with van der Waals surface area (Å²) >= 11 is 0. The van der Waals surface area contributed by atoms with E-state index < -0.39 is 5.60 Å². The van der Waals surface area contributed by atoms with Gasteiger partial charge in [-0.1, -0.05) is 0 Å². The lowest BCUT2D eigenvalue weighted by atomic mass is 10.1. The van der Waals surface area contributed by atoms with E-state index in [1.807, 2.05) is 0 Å². The zero-order chi connectivity index (χ0) is 6.62. The maximum Gasteiger partial charge on any atom is 0.101 e. The molecule has 0 aromatic heterocycles. The van der Waals surface area contributed by atoms with Gasteiger partial charge in [0.25, 0.3) is 0 Å². The molecule has 0 radical (unpaired) electrons. The predicted molar refractivity (Wildman–Crippen MR) is 32.1 cm³/mol. The fourth-order valence-corrected chi connectivity index (χ4v) is 0.250. The SMILES string of the molecule is NCC(O)(CN)CN. The van der Waals surface area contributed by atoms with Gasteiger partial charge in [-0.25, -0.2) is 0 Å². The Morgan fingerprint density at radius 1 is 1.00 bits per heavy atom. The maximum absolute atomic E-state index is 9.06. The first-order valence-electron chi connectivity index (χ1n) is 2.51. The molecule has 0 amide bonds. The van der Waals surface area contributed by atoms with Crippen molar-refractivity contribution < 1.29 is 5.11 Å². The van der Waals surface area contributed by atoms with Crippen molar-refractivity contribution in [3.8, 4) is 0 Å². The summed E-state index contributed by atoms with van der Waals surface area (Å²) < 4.78 is 0. The molecule has 0 fully saturated rings. The smallest absolute Gasteiger partial charge is 0.101 e. The van der Waals surface area contributed by atoms with Gasteiger partial charge >= 0.3 is 0 Å². The Labute approximate surface area is 48.6 Å². The minimum absolute atomic E-state index is 0.125. The second-order valence-corrected chi connectivity index (χ2v) is 1.84. The van der Waals surface area contributed by atoms with E-state index in [2.05, 4.69) is 0 Å². The number of hydrogen-bond acceptors (Lipinski definition) is 4. The molecule has 0 saturated heterocycles. The summed E-state index contributed by atoms with van der Waals surface area (Å²) in [6, 6.07) is 0. The zero-order valence-corrected chi connectivity index (χ0v) is 4.80. The van der Waals surface area contributed by atoms with E-state index in [0.717, 1.165) is 0 Å². The summed E-state index contributed by atoms with van der Waals surface area (Å²) in [5.41, 5.74) is 14.3. The number of rotatable bonds is 3. The van der Waals surface area contributed by atoms with Crippen LogP contribution in [-0.2, 0) is 0 Å². The van der Waals surface area contributed by atoms with Gasteiger partial charge < -0.3 is 22.3 Å². The summed E-state index contributed by atoms with van der Waals surface area (Å²) in [6.45, 7) is 0.375. The third-order valence-corrected chi connectivity index (χ3v) is 1.14. The lowest BCUT2D eigenvalue weighted by Gasteiger charge is -2.21. The Balaban J connectivity index is 3.58. The fraction of sp³-hybridized carbons (Fsp3) is 1.00. The van der Waals surface area contributed by atoms with E-state index >= 15 is 0 Å². The van der Waals surface area contributed by atoms with Crippen molar-refractivity contribution in [3.05, 3.63) is 0 Å². The maximum atomic E-state index is 9.06. The molecule has 0 aromatic carbocycles. The second kappa shape index (κ2) is 2.99. The molecule has 7 N–H and O–H groups in total. The van der Waals surface area contributed by atoms with Crippen LogP contribution in [0.3, 0.4) is 0 Å². The Morgan fingerprint density at radius 3 is 1.25 bits per heavy atom. The van der Waals surface area contributed by atoms with Gasteiger partial charge in [-0.2, -0.15) is 0 Å². The fourth-order valence-electron chi connectivity index (χ4n) is 0.250. The van der Waals surface area contributed by atoms with Gasteiger partial charge in [0.05, 0.1) is 0 Å². The van der Waals surface area contributed by atoms with Crippen molar-refractivity contribution in [1.82, 2.24) is 0 Å². The summed E-state index contributed by atoms with van der Waals surface area (Å²) in [5.74, 6) is 0. The van der Waals surface area contributed by atoms with E-state index in [9.17, 15) is 0 Å². The molecule has 4 nitrogen and oxygen atoms in total. The van der Waals surface area contributed by atoms with Crippen LogP contribution in [0.1, 0.15) is 0 Å². The van der Waals surface area contributed by atoms with Gasteiger partial charge in [0.15, 0.2) is 0 Å². The van der Waals surface area contributed by atoms with Crippen LogP contribution in [0.15, 0.2) is 0 Å². The Hall–Kier alpha value is -0.160. The van der Waals surface area contributed by atoms with Gasteiger partial charge in [-0.05, 0) is 0 Å². The minimum atomic E-state index is -1.04. The lowest BCUT2D eigenvalue weighted by Crippen LogP contribution is -2.50. The van der Waals surface area contributed by atoms with Crippen LogP contribution in [0.4, 0.5) is 0 Å². The van der Waals surface area contributed by atoms with Crippen molar-refractivity contribution in [2.45, 2.75) is 5.60 Å². The quantitative estimate of drug-likeness (QED) is 0.332. The van der Waals surface area contributed by atoms with Crippen LogP contribution in [0.5, 0.6) is 0 Å². The van der Waals surface area contributed by atoms with Crippen LogP contribution in [0.25, 0.3) is 0 Å². The van der Waals surface area contributed by atoms with E-state index in [4.69, 9.17) is 22.3 Å². The van der Waals surface area contributed by atoms with Crippen LogP contribution in [-0.4, -0.2) is 30.3 Å². The summed E-state index contributed by atoms with van der Waals surface area (Å²) in [4.78, 5) is 0. The molecule has 0 rings (SSSR count). The lowest BCUT2D eigenvalue weighted by molar-refractivity contribution is 0.0673. The minimum Gasteiger partial charge on any atom is -0.386 e. The third-order valence-electron chi connectivity index (χ3n) is 1.14. The largest absolute Gasteiger partial charge is 0.386 e. The standard InChI is InChI=1S/C4H13N3O/c5-1-4(8,2-6)3-7/h8H,1-3,5-7H2. The first-order chi connectivity index (χ1) is 3.68. The van der Waals surface area contributed by atoms with Gasteiger partial charge in [0.2, 0.25) is 0 Å². The molecule has 0 spiro atoms. The van der Waals surface area contributed by atoms with Crippen molar-refractivity contribution in [1.29, 1.82) is 0 Å². The molecule has 4 heteroatoms. The van der Waals surface area contributed by atoms with Gasteiger partial charge in [-0.15, -0.1) is 0 Å². The van der Waals surface area contributed by atoms with E-state index in [0.29, 0.717) is 0 Å². The van der Waals surface area contributed by atoms with Crippen molar-refractivity contribution in [3.63, 3.8) is 0 Å². The predicted octanol–water partition coefficient (Wildman–Crippen LogP) is -2.41. The Kier molecular flexibility index (Phi) is 2.93. The monoisotopic (exact) mass is 119 g/mol. The van der Waals surface area contributed by atoms with E-state index in [-0.39, 0.29) is 19.6 Å². The highest BCUT2D eigenvalue weighted by Gasteiger charge is 2.19. The van der Waals surface area contributed by atoms with Gasteiger partial charge in [-0.3, -0.25) is 0 Å². The molecular formula is C4H13N3O. The second-order valence-electron chi connectivity index (χ2n) is 1.84. The molecule has 8 heavy (non-hydrogen) atoms. The van der Waals surface area contributed by atoms with E-state index in [1.165, 1.54) is 0 Å². The molecule has 0 unspecified atom stereocenters. The van der Waals surface area contributed by atoms with Gasteiger partial charge in [0, 0.05) is 19.6 Å². The molecular weight excluding hydrogens is 106 g/mol. The average molecular weight is 119 g/mol. The molecule has 0 atom stereocenters. The van der Waals surface area contributed by atoms with Crippen LogP contribution in [0.2, 0.25) is 0 Å². The van der Waals surface area contributed by atoms with Crippen LogP contribution < -0.4 is 17.2 Å². The normalized spacial score (nSPS) is 12.0. The summed E-state index contributed by atoms with van der Waals surface area (Å²) in [5, 5.41) is 9.06. The Morgan fingerprint density at radius 2 is 1.25 bits per heavy atom. The summed E-state index contributed by atoms with van der Waals surface area (Å²) in [7, 11) is 0. The summed E-state index contributed by atoms with van der Waals surface area (Å²) in [6.07, 6.45) is 0. The number of hydrogen-bond donors (Lipinski definition) is 4. The molecule has 0 aliphatic carbocycles. The molecule has 0 aliphatic heterocycles. The van der Waals surface area contributed by atoms with Crippen molar-refractivity contribution in [2.75, 3.05) is 19.6 Å². The van der Waals surface area contributed by atoms with Crippen molar-refractivity contribution in [2.24, 2.45) is 17.2 Å². The number of aliphatic hydroxyl groups is 1. The van der Waals surface area contributed by atoms with Gasteiger partial charge in [0.1, 0.15) is 5.60 Å². The molecule has 0 aliphatic rings. The van der Waals surface area contributed by atoms with Crippen molar-refractivity contribution >= 4 is 0 Å². The molecule has 0 saturated carbocycles. The first-order valence-corrected chi connectivity index (χ1v) is 2.51. The molecule has 50 valence electrons. The van der Waals surface area contributed by atoms with E-state index in [1.54, 1.807) is 0 Å². The Bertz CT molecular complexity index is 54.0. The highest BCUT2D eigenvalue weighted by molar-refractivity contribution is 4.80. The topological polar surface area (TPSA) is 98.3 Å². The number of nitrogens with two attached hydrogens (primary N) is 3. The molecule has 0 bridgehead atoms.